The molecule has 3 fully saturated rings. The maximum absolute atomic E-state index is 14.4. The summed E-state index contributed by atoms with van der Waals surface area (Å²) in [7, 11) is 0. The molecular weight excluding hydrogens is 818 g/mol. The standard InChI is InChI=1S/C43H49NO18/c1-21-16-17-29-28(15-12-18-44-29)39(52)55-19-40(7)30-31(56-23(3)46)35(58-25(5)48)42(20-54-22(2)45)36(59-26(6)49)32(60-38(51)27-13-10-9-11-14-27)34(61-37(21)50)41(8,53)43(42,62-40)33(30)57-24(4)47/h9-15,18,21,30-36,53H,16-17,19-20H2,1-8H3/t21-,30+,31+,32-,33+,34-,35+,36-,40-,41-,42-,43-/m0/s1. The van der Waals surface area contributed by atoms with Crippen LogP contribution in [0.3, 0.4) is 0 Å². The van der Waals surface area contributed by atoms with Crippen molar-refractivity contribution < 1.29 is 86.1 Å². The van der Waals surface area contributed by atoms with Gasteiger partial charge in [0.1, 0.15) is 42.0 Å². The Balaban J connectivity index is 1.77. The van der Waals surface area contributed by atoms with E-state index < -0.39 is 132 Å². The second-order valence-corrected chi connectivity index (χ2v) is 16.4. The lowest BCUT2D eigenvalue weighted by Crippen LogP contribution is -2.89. The minimum atomic E-state index is -2.86. The van der Waals surface area contributed by atoms with Gasteiger partial charge in [0.15, 0.2) is 30.0 Å². The number of aliphatic hydroxyl groups is 1. The van der Waals surface area contributed by atoms with E-state index >= 15 is 0 Å². The highest BCUT2D eigenvalue weighted by Gasteiger charge is 2.92. The van der Waals surface area contributed by atoms with Crippen LogP contribution in [0.15, 0.2) is 48.7 Å². The summed E-state index contributed by atoms with van der Waals surface area (Å²) in [6.07, 6.45) is -10.6. The molecule has 4 aliphatic rings. The normalized spacial score (nSPS) is 35.0. The Hall–Kier alpha value is -5.95. The number of hydrogen-bond acceptors (Lipinski definition) is 19. The highest BCUT2D eigenvalue weighted by molar-refractivity contribution is 5.91. The first kappa shape index (κ1) is 45.6. The molecule has 19 heteroatoms. The number of ether oxygens (including phenoxy) is 9. The van der Waals surface area contributed by atoms with Crippen molar-refractivity contribution in [3.05, 3.63) is 65.5 Å². The van der Waals surface area contributed by atoms with Crippen molar-refractivity contribution in [2.75, 3.05) is 13.2 Å². The van der Waals surface area contributed by atoms with Gasteiger partial charge in [-0.15, -0.1) is 0 Å². The Labute approximate surface area is 355 Å². The Morgan fingerprint density at radius 3 is 1.97 bits per heavy atom. The third kappa shape index (κ3) is 7.76. The van der Waals surface area contributed by atoms with E-state index in [1.165, 1.54) is 56.4 Å². The molecule has 1 aromatic carbocycles. The molecule has 62 heavy (non-hydrogen) atoms. The maximum atomic E-state index is 14.4. The van der Waals surface area contributed by atoms with E-state index in [1.807, 2.05) is 0 Å². The van der Waals surface area contributed by atoms with Crippen LogP contribution in [0.1, 0.15) is 88.2 Å². The van der Waals surface area contributed by atoms with Gasteiger partial charge in [-0.05, 0) is 51.0 Å². The molecule has 0 amide bonds. The van der Waals surface area contributed by atoms with Gasteiger partial charge in [0.05, 0.1) is 28.7 Å². The van der Waals surface area contributed by atoms with Crippen molar-refractivity contribution >= 4 is 47.8 Å². The SMILES string of the molecule is CC(=O)OC[C@@]12[C@H](OC(C)=O)[C@H](OC(C)=O)[C@@H]3[C@@H](OC(C)=O)[C@@]14O[C@@]3(C)COC(=O)c1cccnc1CC[C@H](C)C(=O)O[C@@H]([C@H](OC(=O)c1ccccc1)[C@@H]2OC(C)=O)[C@]4(C)O. The van der Waals surface area contributed by atoms with Crippen LogP contribution in [0.5, 0.6) is 0 Å². The van der Waals surface area contributed by atoms with E-state index in [0.717, 1.165) is 41.5 Å². The average molecular weight is 868 g/mol. The lowest BCUT2D eigenvalue weighted by Gasteiger charge is -2.67. The minimum Gasteiger partial charge on any atom is -0.465 e. The molecule has 334 valence electrons. The molecule has 3 heterocycles. The third-order valence-corrected chi connectivity index (χ3v) is 12.1. The fourth-order valence-electron chi connectivity index (χ4n) is 9.73. The fourth-order valence-corrected chi connectivity index (χ4v) is 9.73. The molecule has 1 N–H and O–H groups in total. The largest absolute Gasteiger partial charge is 0.465 e. The number of hydrogen-bond donors (Lipinski definition) is 1. The van der Waals surface area contributed by atoms with Crippen LogP contribution in [-0.2, 0) is 77.8 Å². The van der Waals surface area contributed by atoms with Crippen LogP contribution in [0.2, 0.25) is 0 Å². The number of aryl methyl sites for hydroxylation is 1. The molecule has 1 aromatic heterocycles. The number of pyridine rings is 1. The molecule has 0 radical (unpaired) electrons. The van der Waals surface area contributed by atoms with Crippen LogP contribution in [0.4, 0.5) is 0 Å². The molecule has 2 aliphatic carbocycles. The topological polar surface area (TPSA) is 253 Å². The van der Waals surface area contributed by atoms with Crippen LogP contribution in [0.25, 0.3) is 0 Å². The highest BCUT2D eigenvalue weighted by atomic mass is 16.7. The van der Waals surface area contributed by atoms with Gasteiger partial charge in [0, 0.05) is 40.8 Å². The van der Waals surface area contributed by atoms with Crippen LogP contribution >= 0.6 is 0 Å². The zero-order chi connectivity index (χ0) is 45.5. The van der Waals surface area contributed by atoms with Gasteiger partial charge in [0.2, 0.25) is 0 Å². The lowest BCUT2D eigenvalue weighted by atomic mass is 9.45. The number of carbonyl (C=O) groups is 8. The Bertz CT molecular complexity index is 2140. The van der Waals surface area contributed by atoms with E-state index in [9.17, 15) is 43.5 Å². The second-order valence-electron chi connectivity index (χ2n) is 16.4. The molecule has 1 saturated heterocycles. The van der Waals surface area contributed by atoms with Crippen LogP contribution in [-0.4, -0.2) is 124 Å². The first-order valence-electron chi connectivity index (χ1n) is 19.9. The fraction of sp³-hybridized carbons (Fsp3) is 0.558. The van der Waals surface area contributed by atoms with Crippen LogP contribution < -0.4 is 0 Å². The van der Waals surface area contributed by atoms with Gasteiger partial charge >= 0.3 is 47.8 Å². The van der Waals surface area contributed by atoms with E-state index in [-0.39, 0.29) is 29.7 Å². The number of carbonyl (C=O) groups excluding carboxylic acids is 8. The van der Waals surface area contributed by atoms with Gasteiger partial charge in [-0.1, -0.05) is 25.1 Å². The van der Waals surface area contributed by atoms with E-state index in [2.05, 4.69) is 4.98 Å². The van der Waals surface area contributed by atoms with Gasteiger partial charge in [-0.3, -0.25) is 33.8 Å². The van der Waals surface area contributed by atoms with E-state index in [4.69, 9.17) is 42.6 Å². The smallest absolute Gasteiger partial charge is 0.340 e. The molecule has 2 saturated carbocycles. The van der Waals surface area contributed by atoms with E-state index in [0.29, 0.717) is 0 Å². The maximum Gasteiger partial charge on any atom is 0.340 e. The third-order valence-electron chi connectivity index (χ3n) is 12.1. The van der Waals surface area contributed by atoms with Gasteiger partial charge in [-0.2, -0.15) is 0 Å². The van der Waals surface area contributed by atoms with Gasteiger partial charge in [0.25, 0.3) is 0 Å². The molecule has 0 unspecified atom stereocenters. The van der Waals surface area contributed by atoms with Crippen LogP contribution in [0, 0.1) is 17.3 Å². The van der Waals surface area contributed by atoms with Gasteiger partial charge in [-0.25, -0.2) is 9.59 Å². The highest BCUT2D eigenvalue weighted by Crippen LogP contribution is 2.70. The first-order chi connectivity index (χ1) is 29.1. The zero-order valence-electron chi connectivity index (χ0n) is 35.4. The van der Waals surface area contributed by atoms with Crippen molar-refractivity contribution in [3.8, 4) is 0 Å². The number of esters is 8. The molecule has 2 aliphatic heterocycles. The zero-order valence-corrected chi connectivity index (χ0v) is 35.4. The molecule has 6 rings (SSSR count). The van der Waals surface area contributed by atoms with Crippen molar-refractivity contribution in [2.24, 2.45) is 17.3 Å². The first-order valence-corrected chi connectivity index (χ1v) is 19.9. The van der Waals surface area contributed by atoms with Gasteiger partial charge < -0.3 is 47.7 Å². The summed E-state index contributed by atoms with van der Waals surface area (Å²) in [6, 6.07) is 10.4. The molecule has 12 atom stereocenters. The molecule has 1 spiro atoms. The Morgan fingerprint density at radius 2 is 1.37 bits per heavy atom. The number of cyclic esters (lactones) is 1. The molecule has 2 aromatic rings. The summed E-state index contributed by atoms with van der Waals surface area (Å²) in [5.41, 5.74) is -10.1. The number of benzene rings is 1. The van der Waals surface area contributed by atoms with Crippen molar-refractivity contribution in [1.29, 1.82) is 0 Å². The predicted molar refractivity (Wildman–Crippen MR) is 205 cm³/mol. The average Bonchev–Trinajstić information content (AvgIpc) is 3.41. The summed E-state index contributed by atoms with van der Waals surface area (Å²) in [5, 5.41) is 13.6. The molecule has 19 nitrogen and oxygen atoms in total. The monoisotopic (exact) mass is 867 g/mol. The minimum absolute atomic E-state index is 0.0225. The number of rotatable bonds is 8. The number of fused-ring (bicyclic) bond motifs is 5. The summed E-state index contributed by atoms with van der Waals surface area (Å²) in [5.74, 6) is -10.7. The number of nitrogens with zero attached hydrogens (tertiary/aromatic N) is 1. The molecular formula is C43H49NO18. The van der Waals surface area contributed by atoms with Crippen molar-refractivity contribution in [2.45, 2.75) is 122 Å². The quantitative estimate of drug-likeness (QED) is 0.295. The summed E-state index contributed by atoms with van der Waals surface area (Å²) in [6.45, 7) is 7.16. The Kier molecular flexibility index (Phi) is 12.6. The summed E-state index contributed by atoms with van der Waals surface area (Å²) < 4.78 is 55.3. The second kappa shape index (κ2) is 17.1. The summed E-state index contributed by atoms with van der Waals surface area (Å²) >= 11 is 0. The van der Waals surface area contributed by atoms with Crippen molar-refractivity contribution in [1.82, 2.24) is 4.98 Å². The molecule has 4 bridgehead atoms. The Morgan fingerprint density at radius 1 is 0.774 bits per heavy atom. The predicted octanol–water partition coefficient (Wildman–Crippen LogP) is 2.16. The van der Waals surface area contributed by atoms with Crippen molar-refractivity contribution in [3.63, 3.8) is 0 Å². The summed E-state index contributed by atoms with van der Waals surface area (Å²) in [4.78, 5) is 113. The lowest BCUT2D eigenvalue weighted by molar-refractivity contribution is -0.386. The number of aromatic nitrogens is 1. The van der Waals surface area contributed by atoms with E-state index in [1.54, 1.807) is 6.07 Å².